The van der Waals surface area contributed by atoms with Crippen LogP contribution >= 0.6 is 23.4 Å². The number of carbonyl (C=O) groups excluding carboxylic acids is 1. The normalized spacial score (nSPS) is 12.2. The molecule has 0 aliphatic carbocycles. The van der Waals surface area contributed by atoms with E-state index in [4.69, 9.17) is 11.6 Å². The van der Waals surface area contributed by atoms with Gasteiger partial charge in [-0.1, -0.05) is 53.7 Å². The van der Waals surface area contributed by atoms with Gasteiger partial charge in [0.25, 0.3) is 5.91 Å². The molecule has 0 fully saturated rings. The lowest BCUT2D eigenvalue weighted by Gasteiger charge is -2.33. The SMILES string of the molecule is O=C(NNCCCN1c2ccccc2Sc2ccc(Cl)cc21)c1ccccc1. The van der Waals surface area contributed by atoms with E-state index in [1.54, 1.807) is 23.9 Å². The third-order valence-electron chi connectivity index (χ3n) is 4.51. The maximum Gasteiger partial charge on any atom is 0.265 e. The highest BCUT2D eigenvalue weighted by molar-refractivity contribution is 7.99. The van der Waals surface area contributed by atoms with Crippen molar-refractivity contribution < 1.29 is 4.79 Å². The zero-order valence-corrected chi connectivity index (χ0v) is 16.8. The number of nitrogens with zero attached hydrogens (tertiary/aromatic N) is 1. The van der Waals surface area contributed by atoms with Gasteiger partial charge in [-0.15, -0.1) is 0 Å². The zero-order chi connectivity index (χ0) is 19.3. The van der Waals surface area contributed by atoms with Crippen LogP contribution in [0.4, 0.5) is 11.4 Å². The number of hydrogen-bond donors (Lipinski definition) is 2. The lowest BCUT2D eigenvalue weighted by atomic mass is 10.2. The summed E-state index contributed by atoms with van der Waals surface area (Å²) < 4.78 is 0. The first kappa shape index (κ1) is 18.9. The fraction of sp³-hybridized carbons (Fsp3) is 0.136. The summed E-state index contributed by atoms with van der Waals surface area (Å²) in [6.45, 7) is 1.49. The number of nitrogens with one attached hydrogen (secondary N) is 2. The lowest BCUT2D eigenvalue weighted by Crippen LogP contribution is -2.39. The summed E-state index contributed by atoms with van der Waals surface area (Å²) in [6, 6.07) is 23.6. The number of amides is 1. The third-order valence-corrected chi connectivity index (χ3v) is 5.87. The molecule has 0 radical (unpaired) electrons. The van der Waals surface area contributed by atoms with Gasteiger partial charge in [-0.2, -0.15) is 0 Å². The quantitative estimate of drug-likeness (QED) is 0.430. The molecule has 6 heteroatoms. The van der Waals surface area contributed by atoms with Crippen LogP contribution in [0.25, 0.3) is 0 Å². The van der Waals surface area contributed by atoms with Crippen molar-refractivity contribution in [3.8, 4) is 0 Å². The maximum absolute atomic E-state index is 12.1. The number of hydrogen-bond acceptors (Lipinski definition) is 4. The van der Waals surface area contributed by atoms with Gasteiger partial charge in [-0.05, 0) is 48.9 Å². The fourth-order valence-corrected chi connectivity index (χ4v) is 4.42. The molecule has 1 amide bonds. The van der Waals surface area contributed by atoms with Gasteiger partial charge < -0.3 is 4.90 Å². The second-order valence-electron chi connectivity index (χ2n) is 6.43. The molecule has 3 aromatic carbocycles. The van der Waals surface area contributed by atoms with Crippen molar-refractivity contribution in [3.05, 3.63) is 83.4 Å². The molecule has 0 aromatic heterocycles. The van der Waals surface area contributed by atoms with E-state index in [2.05, 4.69) is 46.1 Å². The van der Waals surface area contributed by atoms with Gasteiger partial charge in [0.2, 0.25) is 0 Å². The fourth-order valence-electron chi connectivity index (χ4n) is 3.17. The van der Waals surface area contributed by atoms with Gasteiger partial charge in [-0.25, -0.2) is 5.43 Å². The molecule has 1 heterocycles. The minimum absolute atomic E-state index is 0.127. The Morgan fingerprint density at radius 2 is 1.68 bits per heavy atom. The molecular weight excluding hydrogens is 390 g/mol. The van der Waals surface area contributed by atoms with E-state index in [0.717, 1.165) is 23.7 Å². The van der Waals surface area contributed by atoms with Crippen LogP contribution in [0.3, 0.4) is 0 Å². The number of anilines is 2. The molecule has 142 valence electrons. The van der Waals surface area contributed by atoms with Gasteiger partial charge in [0.05, 0.1) is 11.4 Å². The maximum atomic E-state index is 12.1. The first-order chi connectivity index (χ1) is 13.7. The Hall–Kier alpha value is -2.47. The number of rotatable bonds is 6. The molecule has 1 aliphatic heterocycles. The molecule has 4 rings (SSSR count). The molecule has 1 aliphatic rings. The summed E-state index contributed by atoms with van der Waals surface area (Å²) in [5, 5.41) is 0.733. The van der Waals surface area contributed by atoms with Crippen LogP contribution in [-0.4, -0.2) is 19.0 Å². The summed E-state index contributed by atoms with van der Waals surface area (Å²) in [5.74, 6) is -0.127. The highest BCUT2D eigenvalue weighted by Gasteiger charge is 2.22. The van der Waals surface area contributed by atoms with Crippen molar-refractivity contribution in [1.82, 2.24) is 10.9 Å². The largest absolute Gasteiger partial charge is 0.340 e. The Balaban J connectivity index is 1.38. The van der Waals surface area contributed by atoms with Crippen LogP contribution < -0.4 is 15.8 Å². The topological polar surface area (TPSA) is 44.4 Å². The van der Waals surface area contributed by atoms with Gasteiger partial charge >= 0.3 is 0 Å². The standard InChI is InChI=1S/C22H20ClN3OS/c23-17-11-12-21-19(15-17)26(18-9-4-5-10-20(18)28-21)14-6-13-24-25-22(27)16-7-2-1-3-8-16/h1-5,7-12,15,24H,6,13-14H2,(H,25,27). The van der Waals surface area contributed by atoms with Crippen LogP contribution in [-0.2, 0) is 0 Å². The van der Waals surface area contributed by atoms with E-state index >= 15 is 0 Å². The summed E-state index contributed by atoms with van der Waals surface area (Å²) in [7, 11) is 0. The average molecular weight is 410 g/mol. The van der Waals surface area contributed by atoms with Gasteiger partial charge in [0, 0.05) is 33.5 Å². The van der Waals surface area contributed by atoms with E-state index < -0.39 is 0 Å². The second kappa shape index (κ2) is 8.69. The van der Waals surface area contributed by atoms with Gasteiger partial charge in [0.1, 0.15) is 0 Å². The van der Waals surface area contributed by atoms with Crippen molar-refractivity contribution in [2.24, 2.45) is 0 Å². The van der Waals surface area contributed by atoms with Gasteiger partial charge in [-0.3, -0.25) is 10.2 Å². The number of para-hydroxylation sites is 1. The summed E-state index contributed by atoms with van der Waals surface area (Å²) in [5.41, 5.74) is 8.74. The Bertz CT molecular complexity index is 981. The number of carbonyl (C=O) groups is 1. The molecule has 0 saturated carbocycles. The van der Waals surface area contributed by atoms with E-state index in [1.807, 2.05) is 30.3 Å². The molecule has 2 N–H and O–H groups in total. The van der Waals surface area contributed by atoms with E-state index in [-0.39, 0.29) is 5.91 Å². The molecule has 0 saturated heterocycles. The predicted molar refractivity (Wildman–Crippen MR) is 116 cm³/mol. The van der Waals surface area contributed by atoms with Crippen LogP contribution in [0.1, 0.15) is 16.8 Å². The van der Waals surface area contributed by atoms with E-state index in [9.17, 15) is 4.79 Å². The zero-order valence-electron chi connectivity index (χ0n) is 15.2. The minimum Gasteiger partial charge on any atom is -0.340 e. The highest BCUT2D eigenvalue weighted by atomic mass is 35.5. The third kappa shape index (κ3) is 4.17. The van der Waals surface area contributed by atoms with E-state index in [0.29, 0.717) is 12.1 Å². The summed E-state index contributed by atoms with van der Waals surface area (Å²) >= 11 is 8.02. The Kier molecular flexibility index (Phi) is 5.86. The van der Waals surface area contributed by atoms with Crippen molar-refractivity contribution in [3.63, 3.8) is 0 Å². The Morgan fingerprint density at radius 3 is 2.54 bits per heavy atom. The Labute approximate surface area is 173 Å². The first-order valence-corrected chi connectivity index (χ1v) is 10.3. The molecule has 0 spiro atoms. The monoisotopic (exact) mass is 409 g/mol. The molecule has 4 nitrogen and oxygen atoms in total. The average Bonchev–Trinajstić information content (AvgIpc) is 2.73. The van der Waals surface area contributed by atoms with E-state index in [1.165, 1.54) is 15.5 Å². The number of benzene rings is 3. The minimum atomic E-state index is -0.127. The van der Waals surface area contributed by atoms with Crippen molar-refractivity contribution >= 4 is 40.6 Å². The van der Waals surface area contributed by atoms with Crippen molar-refractivity contribution in [2.45, 2.75) is 16.2 Å². The molecule has 0 atom stereocenters. The predicted octanol–water partition coefficient (Wildman–Crippen LogP) is 5.27. The molecule has 0 bridgehead atoms. The summed E-state index contributed by atoms with van der Waals surface area (Å²) in [6.07, 6.45) is 0.861. The number of fused-ring (bicyclic) bond motifs is 2. The molecular formula is C22H20ClN3OS. The van der Waals surface area contributed by atoms with Crippen molar-refractivity contribution in [2.75, 3.05) is 18.0 Å². The Morgan fingerprint density at radius 1 is 0.929 bits per heavy atom. The second-order valence-corrected chi connectivity index (χ2v) is 7.95. The highest BCUT2D eigenvalue weighted by Crippen LogP contribution is 2.48. The number of halogens is 1. The van der Waals surface area contributed by atoms with Crippen LogP contribution in [0.2, 0.25) is 5.02 Å². The van der Waals surface area contributed by atoms with Crippen molar-refractivity contribution in [1.29, 1.82) is 0 Å². The molecule has 0 unspecified atom stereocenters. The number of hydrazine groups is 1. The van der Waals surface area contributed by atoms with Crippen LogP contribution in [0, 0.1) is 0 Å². The molecule has 28 heavy (non-hydrogen) atoms. The smallest absolute Gasteiger partial charge is 0.265 e. The van der Waals surface area contributed by atoms with Gasteiger partial charge in [0.15, 0.2) is 0 Å². The summed E-state index contributed by atoms with van der Waals surface area (Å²) in [4.78, 5) is 16.8. The molecule has 3 aromatic rings. The first-order valence-electron chi connectivity index (χ1n) is 9.14. The van der Waals surface area contributed by atoms with Crippen LogP contribution in [0.5, 0.6) is 0 Å². The van der Waals surface area contributed by atoms with Crippen LogP contribution in [0.15, 0.2) is 82.6 Å². The lowest BCUT2D eigenvalue weighted by molar-refractivity contribution is 0.0933.